The molecule has 1 aromatic rings. The van der Waals surface area contributed by atoms with Crippen LogP contribution >= 0.6 is 0 Å². The number of hydrogen-bond acceptors (Lipinski definition) is 1. The highest BCUT2D eigenvalue weighted by Gasteiger charge is 2.34. The summed E-state index contributed by atoms with van der Waals surface area (Å²) in [6, 6.07) is 2.25. The molecule has 0 bridgehead atoms. The molecule has 1 nitrogen and oxygen atoms in total. The fourth-order valence-corrected chi connectivity index (χ4v) is 3.31. The minimum absolute atomic E-state index is 0.303. The summed E-state index contributed by atoms with van der Waals surface area (Å²) in [6.07, 6.45) is 2.48. The molecule has 0 saturated carbocycles. The lowest BCUT2D eigenvalue weighted by Crippen LogP contribution is -2.14. The molecule has 0 heterocycles. The zero-order valence-corrected chi connectivity index (χ0v) is 12.0. The quantitative estimate of drug-likeness (QED) is 0.736. The maximum atomic E-state index is 5.55. The van der Waals surface area contributed by atoms with Crippen molar-refractivity contribution in [3.05, 3.63) is 28.3 Å². The van der Waals surface area contributed by atoms with Crippen LogP contribution in [0.3, 0.4) is 0 Å². The molecule has 0 amide bonds. The van der Waals surface area contributed by atoms with Crippen LogP contribution in [-0.2, 0) is 11.8 Å². The molecule has 2 rings (SSSR count). The average molecular weight is 232 g/mol. The Morgan fingerprint density at radius 3 is 2.47 bits per heavy atom. The summed E-state index contributed by atoms with van der Waals surface area (Å²) in [5, 5.41) is 0. The predicted molar refractivity (Wildman–Crippen MR) is 73.2 cm³/mol. The van der Waals surface area contributed by atoms with Gasteiger partial charge in [0, 0.05) is 0 Å². The lowest BCUT2D eigenvalue weighted by Gasteiger charge is -2.24. The molecule has 94 valence electrons. The van der Waals surface area contributed by atoms with Crippen molar-refractivity contribution < 1.29 is 4.74 Å². The van der Waals surface area contributed by atoms with Gasteiger partial charge in [0.25, 0.3) is 0 Å². The minimum Gasteiger partial charge on any atom is -0.496 e. The average Bonchev–Trinajstić information content (AvgIpc) is 2.55. The first-order valence-electron chi connectivity index (χ1n) is 6.59. The molecule has 1 aliphatic rings. The second-order valence-corrected chi connectivity index (χ2v) is 6.19. The van der Waals surface area contributed by atoms with Gasteiger partial charge in [0.1, 0.15) is 5.75 Å². The summed E-state index contributed by atoms with van der Waals surface area (Å²) in [7, 11) is 1.78. The summed E-state index contributed by atoms with van der Waals surface area (Å²) in [6.45, 7) is 11.5. The second kappa shape index (κ2) is 4.04. The monoisotopic (exact) mass is 232 g/mol. The maximum Gasteiger partial charge on any atom is 0.122 e. The molecule has 0 aliphatic heterocycles. The van der Waals surface area contributed by atoms with Crippen LogP contribution in [0.2, 0.25) is 0 Å². The SMILES string of the molecule is COc1cc(C(C)C)c2c(c1C)C(C)(C)CC2. The zero-order valence-electron chi connectivity index (χ0n) is 12.0. The van der Waals surface area contributed by atoms with Crippen molar-refractivity contribution in [1.82, 2.24) is 0 Å². The molecular weight excluding hydrogens is 208 g/mol. The molecule has 0 saturated heterocycles. The van der Waals surface area contributed by atoms with Gasteiger partial charge >= 0.3 is 0 Å². The molecule has 1 heteroatoms. The summed E-state index contributed by atoms with van der Waals surface area (Å²) < 4.78 is 5.55. The second-order valence-electron chi connectivity index (χ2n) is 6.19. The van der Waals surface area contributed by atoms with Gasteiger partial charge in [0.05, 0.1) is 7.11 Å². The van der Waals surface area contributed by atoms with Gasteiger partial charge in [-0.2, -0.15) is 0 Å². The molecule has 0 spiro atoms. The lowest BCUT2D eigenvalue weighted by atomic mass is 9.81. The van der Waals surface area contributed by atoms with Crippen molar-refractivity contribution in [2.45, 2.75) is 58.8 Å². The van der Waals surface area contributed by atoms with Gasteiger partial charge in [0.15, 0.2) is 0 Å². The van der Waals surface area contributed by atoms with Crippen LogP contribution in [0.15, 0.2) is 6.07 Å². The van der Waals surface area contributed by atoms with Crippen molar-refractivity contribution in [3.63, 3.8) is 0 Å². The number of benzene rings is 1. The predicted octanol–water partition coefficient (Wildman–Crippen LogP) is 4.35. The van der Waals surface area contributed by atoms with Crippen molar-refractivity contribution >= 4 is 0 Å². The zero-order chi connectivity index (χ0) is 12.8. The third-order valence-electron chi connectivity index (χ3n) is 4.20. The van der Waals surface area contributed by atoms with E-state index >= 15 is 0 Å². The van der Waals surface area contributed by atoms with E-state index in [4.69, 9.17) is 4.74 Å². The van der Waals surface area contributed by atoms with E-state index in [1.54, 1.807) is 18.2 Å². The summed E-state index contributed by atoms with van der Waals surface area (Å²) >= 11 is 0. The molecule has 0 unspecified atom stereocenters. The van der Waals surface area contributed by atoms with E-state index in [0.29, 0.717) is 11.3 Å². The largest absolute Gasteiger partial charge is 0.496 e. The number of fused-ring (bicyclic) bond motifs is 1. The Labute approximate surface area is 105 Å². The van der Waals surface area contributed by atoms with E-state index in [0.717, 1.165) is 5.75 Å². The van der Waals surface area contributed by atoms with E-state index in [9.17, 15) is 0 Å². The van der Waals surface area contributed by atoms with Crippen molar-refractivity contribution in [3.8, 4) is 5.75 Å². The molecule has 1 aliphatic carbocycles. The highest BCUT2D eigenvalue weighted by atomic mass is 16.5. The summed E-state index contributed by atoms with van der Waals surface area (Å²) in [5.41, 5.74) is 6.25. The Morgan fingerprint density at radius 1 is 1.29 bits per heavy atom. The van der Waals surface area contributed by atoms with E-state index < -0.39 is 0 Å². The lowest BCUT2D eigenvalue weighted by molar-refractivity contribution is 0.408. The van der Waals surface area contributed by atoms with Gasteiger partial charge < -0.3 is 4.74 Å². The number of rotatable bonds is 2. The topological polar surface area (TPSA) is 9.23 Å². The van der Waals surface area contributed by atoms with Crippen LogP contribution in [0.25, 0.3) is 0 Å². The van der Waals surface area contributed by atoms with Gasteiger partial charge in [-0.1, -0.05) is 27.7 Å². The van der Waals surface area contributed by atoms with Crippen molar-refractivity contribution in [2.24, 2.45) is 0 Å². The van der Waals surface area contributed by atoms with E-state index in [-0.39, 0.29) is 0 Å². The molecular formula is C16H24O. The van der Waals surface area contributed by atoms with Gasteiger partial charge in [-0.3, -0.25) is 0 Å². The first-order chi connectivity index (χ1) is 7.88. The van der Waals surface area contributed by atoms with E-state index in [1.165, 1.54) is 24.0 Å². The van der Waals surface area contributed by atoms with Crippen molar-refractivity contribution in [2.75, 3.05) is 7.11 Å². The summed E-state index contributed by atoms with van der Waals surface area (Å²) in [5.74, 6) is 1.63. The van der Waals surface area contributed by atoms with Crippen LogP contribution in [-0.4, -0.2) is 7.11 Å². The summed E-state index contributed by atoms with van der Waals surface area (Å²) in [4.78, 5) is 0. The molecule has 0 aromatic heterocycles. The molecule has 0 radical (unpaired) electrons. The van der Waals surface area contributed by atoms with Gasteiger partial charge in [-0.15, -0.1) is 0 Å². The smallest absolute Gasteiger partial charge is 0.122 e. The normalized spacial score (nSPS) is 17.4. The fraction of sp³-hybridized carbons (Fsp3) is 0.625. The molecule has 1 aromatic carbocycles. The first-order valence-corrected chi connectivity index (χ1v) is 6.59. The van der Waals surface area contributed by atoms with Crippen molar-refractivity contribution in [1.29, 1.82) is 0 Å². The Morgan fingerprint density at radius 2 is 1.94 bits per heavy atom. The molecule has 0 atom stereocenters. The Bertz CT molecular complexity index is 441. The minimum atomic E-state index is 0.303. The fourth-order valence-electron chi connectivity index (χ4n) is 3.31. The highest BCUT2D eigenvalue weighted by Crippen LogP contribution is 2.46. The first kappa shape index (κ1) is 12.5. The standard InChI is InChI=1S/C16H24O/c1-10(2)13-9-14(17-6)11(3)15-12(13)7-8-16(15,4)5/h9-10H,7-8H2,1-6H3. The molecule has 0 N–H and O–H groups in total. The third kappa shape index (κ3) is 1.86. The van der Waals surface area contributed by atoms with Crippen LogP contribution in [0.4, 0.5) is 0 Å². The Hall–Kier alpha value is -0.980. The van der Waals surface area contributed by atoms with Crippen LogP contribution < -0.4 is 4.74 Å². The Kier molecular flexibility index (Phi) is 2.97. The van der Waals surface area contributed by atoms with E-state index in [2.05, 4.69) is 40.7 Å². The third-order valence-corrected chi connectivity index (χ3v) is 4.20. The highest BCUT2D eigenvalue weighted by molar-refractivity contribution is 5.55. The number of hydrogen-bond donors (Lipinski definition) is 0. The van der Waals surface area contributed by atoms with Gasteiger partial charge in [0.2, 0.25) is 0 Å². The maximum absolute atomic E-state index is 5.55. The Balaban J connectivity index is 2.73. The molecule has 17 heavy (non-hydrogen) atoms. The number of methoxy groups -OCH3 is 1. The van der Waals surface area contributed by atoms with Crippen LogP contribution in [0.5, 0.6) is 5.75 Å². The van der Waals surface area contributed by atoms with Gasteiger partial charge in [-0.05, 0) is 59.4 Å². The van der Waals surface area contributed by atoms with E-state index in [1.807, 2.05) is 0 Å². The van der Waals surface area contributed by atoms with Crippen LogP contribution in [0.1, 0.15) is 62.3 Å². The molecule has 0 fully saturated rings. The van der Waals surface area contributed by atoms with Crippen LogP contribution in [0, 0.1) is 6.92 Å². The number of ether oxygens (including phenoxy) is 1. The van der Waals surface area contributed by atoms with Gasteiger partial charge in [-0.25, -0.2) is 0 Å².